The highest BCUT2D eigenvalue weighted by Crippen LogP contribution is 2.25. The standard InChI is InChI=1S/C25H25N5O2/c1-25(2,3)21-16-22(30(29-21)24-26-14-7-15-27-24)28-23(31)19-12-10-18(11-13-19)17-32-20-8-5-4-6-9-20/h4-16H,17H2,1-3H3,(H,28,31). The van der Waals surface area contributed by atoms with Crippen LogP contribution in [0.5, 0.6) is 5.75 Å². The van der Waals surface area contributed by atoms with Crippen LogP contribution in [0.3, 0.4) is 0 Å². The average molecular weight is 428 g/mol. The maximum atomic E-state index is 12.9. The molecule has 0 fully saturated rings. The Hall–Kier alpha value is -4.00. The molecule has 2 aromatic carbocycles. The summed E-state index contributed by atoms with van der Waals surface area (Å²) in [6.45, 7) is 6.62. The van der Waals surface area contributed by atoms with Gasteiger partial charge in [0.15, 0.2) is 0 Å². The van der Waals surface area contributed by atoms with E-state index in [1.807, 2.05) is 48.5 Å². The number of carbonyl (C=O) groups is 1. The van der Waals surface area contributed by atoms with Crippen LogP contribution in [0.2, 0.25) is 0 Å². The van der Waals surface area contributed by atoms with E-state index in [2.05, 4.69) is 41.2 Å². The molecule has 1 N–H and O–H groups in total. The molecule has 0 saturated carbocycles. The molecule has 0 bridgehead atoms. The Kier molecular flexibility index (Phi) is 5.98. The second-order valence-electron chi connectivity index (χ2n) is 8.38. The smallest absolute Gasteiger partial charge is 0.256 e. The third-order valence-electron chi connectivity index (χ3n) is 4.83. The highest BCUT2D eigenvalue weighted by molar-refractivity contribution is 6.04. The van der Waals surface area contributed by atoms with Crippen molar-refractivity contribution < 1.29 is 9.53 Å². The van der Waals surface area contributed by atoms with E-state index in [-0.39, 0.29) is 11.3 Å². The average Bonchev–Trinajstić information content (AvgIpc) is 3.24. The molecule has 0 aliphatic heterocycles. The number of aromatic nitrogens is 4. The Morgan fingerprint density at radius 2 is 1.66 bits per heavy atom. The number of carbonyl (C=O) groups excluding carboxylic acids is 1. The Labute approximate surface area is 187 Å². The van der Waals surface area contributed by atoms with Crippen LogP contribution < -0.4 is 10.1 Å². The van der Waals surface area contributed by atoms with E-state index in [0.717, 1.165) is 17.0 Å². The molecule has 4 rings (SSSR count). The molecule has 0 atom stereocenters. The van der Waals surface area contributed by atoms with Crippen LogP contribution in [0.4, 0.5) is 5.82 Å². The zero-order chi connectivity index (χ0) is 22.6. The zero-order valence-electron chi connectivity index (χ0n) is 18.3. The SMILES string of the molecule is CC(C)(C)c1cc(NC(=O)c2ccc(COc3ccccc3)cc2)n(-c2ncccn2)n1. The third kappa shape index (κ3) is 5.00. The summed E-state index contributed by atoms with van der Waals surface area (Å²) in [7, 11) is 0. The molecule has 2 heterocycles. The molecule has 0 saturated heterocycles. The fraction of sp³-hybridized carbons (Fsp3) is 0.200. The van der Waals surface area contributed by atoms with E-state index in [0.29, 0.717) is 23.9 Å². The molecular formula is C25H25N5O2. The van der Waals surface area contributed by atoms with Crippen LogP contribution in [-0.2, 0) is 12.0 Å². The molecule has 7 nitrogen and oxygen atoms in total. The molecule has 0 spiro atoms. The van der Waals surface area contributed by atoms with Crippen molar-refractivity contribution in [1.29, 1.82) is 0 Å². The Bertz CT molecular complexity index is 1180. The van der Waals surface area contributed by atoms with Gasteiger partial charge in [0.25, 0.3) is 11.9 Å². The van der Waals surface area contributed by atoms with Gasteiger partial charge in [0.1, 0.15) is 18.2 Å². The van der Waals surface area contributed by atoms with Crippen LogP contribution in [0.25, 0.3) is 5.95 Å². The zero-order valence-corrected chi connectivity index (χ0v) is 18.3. The highest BCUT2D eigenvalue weighted by Gasteiger charge is 2.22. The number of ether oxygens (including phenoxy) is 1. The lowest BCUT2D eigenvalue weighted by Gasteiger charge is -2.13. The lowest BCUT2D eigenvalue weighted by atomic mass is 9.92. The Morgan fingerprint density at radius 1 is 0.969 bits per heavy atom. The van der Waals surface area contributed by atoms with Crippen molar-refractivity contribution in [3.05, 3.63) is 95.9 Å². The Morgan fingerprint density at radius 3 is 2.31 bits per heavy atom. The monoisotopic (exact) mass is 427 g/mol. The summed E-state index contributed by atoms with van der Waals surface area (Å²) in [6, 6.07) is 20.5. The molecule has 0 radical (unpaired) electrons. The summed E-state index contributed by atoms with van der Waals surface area (Å²) in [5.41, 5.74) is 2.14. The number of anilines is 1. The summed E-state index contributed by atoms with van der Waals surface area (Å²) in [4.78, 5) is 21.5. The van der Waals surface area contributed by atoms with Crippen LogP contribution in [0.15, 0.2) is 79.1 Å². The van der Waals surface area contributed by atoms with Crippen LogP contribution >= 0.6 is 0 Å². The first-order valence-electron chi connectivity index (χ1n) is 10.4. The van der Waals surface area contributed by atoms with Crippen LogP contribution in [-0.4, -0.2) is 25.7 Å². The number of nitrogens with one attached hydrogen (secondary N) is 1. The number of benzene rings is 2. The van der Waals surface area contributed by atoms with Crippen molar-refractivity contribution in [1.82, 2.24) is 19.7 Å². The number of hydrogen-bond acceptors (Lipinski definition) is 5. The van der Waals surface area contributed by atoms with E-state index in [1.165, 1.54) is 0 Å². The first-order chi connectivity index (χ1) is 15.4. The van der Waals surface area contributed by atoms with Gasteiger partial charge in [-0.05, 0) is 35.9 Å². The topological polar surface area (TPSA) is 81.9 Å². The molecule has 32 heavy (non-hydrogen) atoms. The number of para-hydroxylation sites is 1. The van der Waals surface area contributed by atoms with Gasteiger partial charge in [-0.15, -0.1) is 0 Å². The summed E-state index contributed by atoms with van der Waals surface area (Å²) >= 11 is 0. The Balaban J connectivity index is 1.50. The largest absolute Gasteiger partial charge is 0.489 e. The molecule has 2 aromatic heterocycles. The van der Waals surface area contributed by atoms with Gasteiger partial charge < -0.3 is 10.1 Å². The predicted octanol–water partition coefficient (Wildman–Crippen LogP) is 4.79. The maximum Gasteiger partial charge on any atom is 0.256 e. The molecule has 7 heteroatoms. The first kappa shape index (κ1) is 21.2. The number of hydrogen-bond donors (Lipinski definition) is 1. The number of nitrogens with zero attached hydrogens (tertiary/aromatic N) is 4. The van der Waals surface area contributed by atoms with Crippen molar-refractivity contribution >= 4 is 11.7 Å². The predicted molar refractivity (Wildman–Crippen MR) is 123 cm³/mol. The molecular weight excluding hydrogens is 402 g/mol. The van der Waals surface area contributed by atoms with Crippen molar-refractivity contribution in [2.45, 2.75) is 32.8 Å². The van der Waals surface area contributed by atoms with E-state index in [1.54, 1.807) is 35.3 Å². The van der Waals surface area contributed by atoms with Crippen molar-refractivity contribution in [3.63, 3.8) is 0 Å². The number of amides is 1. The van der Waals surface area contributed by atoms with Gasteiger partial charge in [0.2, 0.25) is 0 Å². The summed E-state index contributed by atoms with van der Waals surface area (Å²) in [6.07, 6.45) is 3.28. The van der Waals surface area contributed by atoms with Gasteiger partial charge in [0.05, 0.1) is 5.69 Å². The van der Waals surface area contributed by atoms with E-state index in [4.69, 9.17) is 4.74 Å². The van der Waals surface area contributed by atoms with Gasteiger partial charge in [-0.1, -0.05) is 51.1 Å². The van der Waals surface area contributed by atoms with E-state index < -0.39 is 0 Å². The molecule has 162 valence electrons. The lowest BCUT2D eigenvalue weighted by Crippen LogP contribution is -2.16. The quantitative estimate of drug-likeness (QED) is 0.478. The first-order valence-corrected chi connectivity index (χ1v) is 10.4. The fourth-order valence-electron chi connectivity index (χ4n) is 3.01. The van der Waals surface area contributed by atoms with E-state index in [9.17, 15) is 4.79 Å². The van der Waals surface area contributed by atoms with Gasteiger partial charge in [-0.2, -0.15) is 9.78 Å². The minimum Gasteiger partial charge on any atom is -0.489 e. The van der Waals surface area contributed by atoms with Gasteiger partial charge in [0, 0.05) is 29.4 Å². The third-order valence-corrected chi connectivity index (χ3v) is 4.83. The molecule has 0 unspecified atom stereocenters. The second kappa shape index (κ2) is 9.01. The van der Waals surface area contributed by atoms with Gasteiger partial charge in [-0.3, -0.25) is 4.79 Å². The normalized spacial score (nSPS) is 11.2. The van der Waals surface area contributed by atoms with E-state index >= 15 is 0 Å². The van der Waals surface area contributed by atoms with Crippen molar-refractivity contribution in [2.24, 2.45) is 0 Å². The summed E-state index contributed by atoms with van der Waals surface area (Å²) in [5.74, 6) is 1.48. The van der Waals surface area contributed by atoms with Crippen LogP contribution in [0, 0.1) is 0 Å². The minimum absolute atomic E-state index is 0.195. The molecule has 0 aliphatic rings. The minimum atomic E-state index is -0.238. The fourth-order valence-corrected chi connectivity index (χ4v) is 3.01. The van der Waals surface area contributed by atoms with Gasteiger partial charge >= 0.3 is 0 Å². The molecule has 0 aliphatic carbocycles. The van der Waals surface area contributed by atoms with Crippen molar-refractivity contribution in [3.8, 4) is 11.7 Å². The van der Waals surface area contributed by atoms with Gasteiger partial charge in [-0.25, -0.2) is 9.97 Å². The lowest BCUT2D eigenvalue weighted by molar-refractivity contribution is 0.102. The molecule has 1 amide bonds. The van der Waals surface area contributed by atoms with Crippen molar-refractivity contribution in [2.75, 3.05) is 5.32 Å². The maximum absolute atomic E-state index is 12.9. The summed E-state index contributed by atoms with van der Waals surface area (Å²) < 4.78 is 7.32. The molecule has 4 aromatic rings. The van der Waals surface area contributed by atoms with Crippen LogP contribution in [0.1, 0.15) is 42.4 Å². The second-order valence-corrected chi connectivity index (χ2v) is 8.38. The highest BCUT2D eigenvalue weighted by atomic mass is 16.5. The number of rotatable bonds is 6. The summed E-state index contributed by atoms with van der Waals surface area (Å²) in [5, 5.41) is 7.57.